The summed E-state index contributed by atoms with van der Waals surface area (Å²) < 4.78 is 12.5. The summed E-state index contributed by atoms with van der Waals surface area (Å²) in [6.45, 7) is 3.45. The molecule has 1 aromatic heterocycles. The number of hydrogen-bond acceptors (Lipinski definition) is 3. The van der Waals surface area contributed by atoms with Crippen LogP contribution < -0.4 is 11.1 Å². The third kappa shape index (κ3) is 2.99. The van der Waals surface area contributed by atoms with Gasteiger partial charge >= 0.3 is 0 Å². The van der Waals surface area contributed by atoms with Crippen molar-refractivity contribution in [3.05, 3.63) is 24.1 Å². The Hall–Kier alpha value is -1.49. The Bertz CT molecular complexity index is 348. The van der Waals surface area contributed by atoms with Gasteiger partial charge in [-0.25, -0.2) is 9.37 Å². The van der Waals surface area contributed by atoms with E-state index in [1.54, 1.807) is 6.92 Å². The summed E-state index contributed by atoms with van der Waals surface area (Å²) >= 11 is 0. The zero-order valence-corrected chi connectivity index (χ0v) is 8.75. The highest BCUT2D eigenvalue weighted by Gasteiger charge is 2.26. The largest absolute Gasteiger partial charge is 0.318 e. The molecule has 1 atom stereocenters. The highest BCUT2D eigenvalue weighted by molar-refractivity contribution is 5.96. The van der Waals surface area contributed by atoms with Crippen molar-refractivity contribution in [2.75, 3.05) is 5.32 Å². The summed E-state index contributed by atoms with van der Waals surface area (Å²) in [5.74, 6) is -0.477. The van der Waals surface area contributed by atoms with Crippen molar-refractivity contribution >= 4 is 11.7 Å². The van der Waals surface area contributed by atoms with Gasteiger partial charge < -0.3 is 11.1 Å². The number of carbonyl (C=O) groups is 1. The van der Waals surface area contributed by atoms with Gasteiger partial charge in [0.25, 0.3) is 0 Å². The zero-order chi connectivity index (χ0) is 11.5. The van der Waals surface area contributed by atoms with Crippen molar-refractivity contribution in [2.45, 2.75) is 25.8 Å². The lowest BCUT2D eigenvalue weighted by Gasteiger charge is -2.20. The number of halogens is 1. The lowest BCUT2D eigenvalue weighted by molar-refractivity contribution is -0.120. The van der Waals surface area contributed by atoms with Gasteiger partial charge in [0.05, 0.1) is 11.7 Å². The quantitative estimate of drug-likeness (QED) is 0.791. The van der Waals surface area contributed by atoms with Crippen LogP contribution in [0.4, 0.5) is 10.2 Å². The van der Waals surface area contributed by atoms with Crippen LogP contribution in [0, 0.1) is 5.82 Å². The van der Waals surface area contributed by atoms with E-state index in [1.165, 1.54) is 12.1 Å². The van der Waals surface area contributed by atoms with Crippen molar-refractivity contribution in [1.82, 2.24) is 4.98 Å². The van der Waals surface area contributed by atoms with Gasteiger partial charge in [-0.2, -0.15) is 0 Å². The highest BCUT2D eigenvalue weighted by Crippen LogP contribution is 2.10. The van der Waals surface area contributed by atoms with Gasteiger partial charge in [-0.15, -0.1) is 0 Å². The summed E-state index contributed by atoms with van der Waals surface area (Å²) in [5.41, 5.74) is 4.79. The molecule has 82 valence electrons. The number of anilines is 1. The molecule has 0 fully saturated rings. The van der Waals surface area contributed by atoms with E-state index in [-0.39, 0.29) is 5.91 Å². The third-order valence-electron chi connectivity index (χ3n) is 2.22. The van der Waals surface area contributed by atoms with Crippen LogP contribution in [-0.4, -0.2) is 16.4 Å². The second kappa shape index (κ2) is 4.35. The molecule has 0 bridgehead atoms. The van der Waals surface area contributed by atoms with Crippen molar-refractivity contribution in [1.29, 1.82) is 0 Å². The molecule has 5 heteroatoms. The number of rotatable bonds is 3. The highest BCUT2D eigenvalue weighted by atomic mass is 19.1. The fraction of sp³-hybridized carbons (Fsp3) is 0.400. The second-order valence-electron chi connectivity index (χ2n) is 3.59. The van der Waals surface area contributed by atoms with E-state index in [9.17, 15) is 9.18 Å². The number of hydrogen-bond donors (Lipinski definition) is 2. The van der Waals surface area contributed by atoms with Gasteiger partial charge in [0.1, 0.15) is 11.6 Å². The molecular formula is C10H14FN3O. The predicted molar refractivity (Wildman–Crippen MR) is 55.7 cm³/mol. The number of carbonyl (C=O) groups excluding carboxylic acids is 1. The fourth-order valence-corrected chi connectivity index (χ4v) is 0.869. The van der Waals surface area contributed by atoms with Crippen LogP contribution in [0.15, 0.2) is 18.3 Å². The molecule has 0 saturated heterocycles. The molecule has 1 unspecified atom stereocenters. The van der Waals surface area contributed by atoms with Crippen molar-refractivity contribution in [2.24, 2.45) is 5.73 Å². The van der Waals surface area contributed by atoms with Crippen LogP contribution in [0.3, 0.4) is 0 Å². The molecule has 1 amide bonds. The first-order valence-electron chi connectivity index (χ1n) is 4.67. The van der Waals surface area contributed by atoms with E-state index in [4.69, 9.17) is 5.73 Å². The van der Waals surface area contributed by atoms with Gasteiger partial charge in [-0.1, -0.05) is 6.92 Å². The normalized spacial score (nSPS) is 14.4. The van der Waals surface area contributed by atoms with Crippen LogP contribution in [0.5, 0.6) is 0 Å². The van der Waals surface area contributed by atoms with E-state index in [0.717, 1.165) is 6.20 Å². The Balaban J connectivity index is 2.71. The first-order valence-corrected chi connectivity index (χ1v) is 4.67. The van der Waals surface area contributed by atoms with Crippen LogP contribution >= 0.6 is 0 Å². The van der Waals surface area contributed by atoms with Crippen LogP contribution in [0.25, 0.3) is 0 Å². The smallest absolute Gasteiger partial charge is 0.245 e. The monoisotopic (exact) mass is 211 g/mol. The lowest BCUT2D eigenvalue weighted by atomic mass is 10.00. The van der Waals surface area contributed by atoms with Gasteiger partial charge in [-0.3, -0.25) is 4.79 Å². The van der Waals surface area contributed by atoms with Crippen molar-refractivity contribution in [3.63, 3.8) is 0 Å². The Kier molecular flexibility index (Phi) is 3.36. The Labute approximate surface area is 87.7 Å². The van der Waals surface area contributed by atoms with Crippen LogP contribution in [0.1, 0.15) is 20.3 Å². The van der Waals surface area contributed by atoms with E-state index in [1.807, 2.05) is 6.92 Å². The van der Waals surface area contributed by atoms with E-state index in [0.29, 0.717) is 12.2 Å². The summed E-state index contributed by atoms with van der Waals surface area (Å²) in [6, 6.07) is 2.61. The standard InChI is InChI=1S/C10H14FN3O/c1-3-10(2,12)9(15)14-8-5-4-7(11)6-13-8/h4-6H,3,12H2,1-2H3,(H,13,14,15). The molecule has 0 spiro atoms. The molecule has 0 saturated carbocycles. The van der Waals surface area contributed by atoms with Gasteiger partial charge in [0.15, 0.2) is 0 Å². The molecule has 1 rings (SSSR count). The first-order chi connectivity index (χ1) is 6.95. The molecular weight excluding hydrogens is 197 g/mol. The van der Waals surface area contributed by atoms with E-state index < -0.39 is 11.4 Å². The molecule has 3 N–H and O–H groups in total. The molecule has 0 radical (unpaired) electrons. The molecule has 0 aliphatic carbocycles. The van der Waals surface area contributed by atoms with E-state index >= 15 is 0 Å². The fourth-order valence-electron chi connectivity index (χ4n) is 0.869. The Morgan fingerprint density at radius 3 is 2.80 bits per heavy atom. The minimum Gasteiger partial charge on any atom is -0.318 e. The van der Waals surface area contributed by atoms with Gasteiger partial charge in [0.2, 0.25) is 5.91 Å². The number of amides is 1. The molecule has 0 aliphatic heterocycles. The Morgan fingerprint density at radius 1 is 1.67 bits per heavy atom. The Morgan fingerprint density at radius 2 is 2.33 bits per heavy atom. The average Bonchev–Trinajstić information content (AvgIpc) is 2.21. The maximum Gasteiger partial charge on any atom is 0.245 e. The molecule has 1 heterocycles. The maximum atomic E-state index is 12.5. The molecule has 0 aromatic carbocycles. The molecule has 1 aromatic rings. The summed E-state index contributed by atoms with van der Waals surface area (Å²) in [7, 11) is 0. The first kappa shape index (κ1) is 11.6. The van der Waals surface area contributed by atoms with Gasteiger partial charge in [0, 0.05) is 0 Å². The molecule has 15 heavy (non-hydrogen) atoms. The number of pyridine rings is 1. The summed E-state index contributed by atoms with van der Waals surface area (Å²) in [5, 5.41) is 2.52. The van der Waals surface area contributed by atoms with E-state index in [2.05, 4.69) is 10.3 Å². The number of nitrogens with zero attached hydrogens (tertiary/aromatic N) is 1. The summed E-state index contributed by atoms with van der Waals surface area (Å²) in [4.78, 5) is 15.3. The maximum absolute atomic E-state index is 12.5. The number of nitrogens with two attached hydrogens (primary N) is 1. The lowest BCUT2D eigenvalue weighted by Crippen LogP contribution is -2.47. The average molecular weight is 211 g/mol. The topological polar surface area (TPSA) is 68.0 Å². The predicted octanol–water partition coefficient (Wildman–Crippen LogP) is 1.29. The zero-order valence-electron chi connectivity index (χ0n) is 8.75. The SMILES string of the molecule is CCC(C)(N)C(=O)Nc1ccc(F)cn1. The van der Waals surface area contributed by atoms with Crippen LogP contribution in [-0.2, 0) is 4.79 Å². The van der Waals surface area contributed by atoms with Crippen LogP contribution in [0.2, 0.25) is 0 Å². The molecule has 0 aliphatic rings. The van der Waals surface area contributed by atoms with Crippen molar-refractivity contribution < 1.29 is 9.18 Å². The van der Waals surface area contributed by atoms with Crippen molar-refractivity contribution in [3.8, 4) is 0 Å². The number of nitrogens with one attached hydrogen (secondary N) is 1. The molecule has 4 nitrogen and oxygen atoms in total. The minimum atomic E-state index is -0.934. The van der Waals surface area contributed by atoms with Gasteiger partial charge in [-0.05, 0) is 25.5 Å². The summed E-state index contributed by atoms with van der Waals surface area (Å²) in [6.07, 6.45) is 1.55. The third-order valence-corrected chi connectivity index (χ3v) is 2.22. The second-order valence-corrected chi connectivity index (χ2v) is 3.59. The minimum absolute atomic E-state index is 0.298. The number of aromatic nitrogens is 1.